The van der Waals surface area contributed by atoms with E-state index in [9.17, 15) is 19.5 Å². The summed E-state index contributed by atoms with van der Waals surface area (Å²) in [6, 6.07) is 22.4. The highest BCUT2D eigenvalue weighted by atomic mass is 79.9. The number of halogens is 1. The second-order valence-corrected chi connectivity index (χ2v) is 12.7. The molecule has 0 bridgehead atoms. The van der Waals surface area contributed by atoms with E-state index >= 15 is 4.79 Å². The maximum absolute atomic E-state index is 15.2. The molecular formula is C35H29BrN2O6. The molecule has 0 saturated carbocycles. The Morgan fingerprint density at radius 1 is 0.909 bits per heavy atom. The highest BCUT2D eigenvalue weighted by molar-refractivity contribution is 9.10. The van der Waals surface area contributed by atoms with Crippen molar-refractivity contribution < 1.29 is 29.0 Å². The molecule has 3 aromatic rings. The minimum absolute atomic E-state index is 0.0776. The molecule has 1 spiro atoms. The van der Waals surface area contributed by atoms with Gasteiger partial charge in [-0.2, -0.15) is 0 Å². The number of hydrogen-bond donors (Lipinski definition) is 1. The fourth-order valence-corrected chi connectivity index (χ4v) is 6.78. The van der Waals surface area contributed by atoms with Crippen LogP contribution in [0, 0.1) is 5.41 Å². The summed E-state index contributed by atoms with van der Waals surface area (Å²) in [4.78, 5) is 59.2. The standard InChI is InChI=1S/C35H29BrN2O6/c1-34(2)18-27-30(28(40)19-34)35(33(43)37(27)24-11-9-23(36)10-12-24)29(22(20-39)17-21-7-5-4-6-8-21)31(41)32(42)38(35)25-13-15-26(44-3)16-14-25/h4-17,20,41H,18-19H2,1-3H3. The first-order valence-corrected chi connectivity index (χ1v) is 14.8. The summed E-state index contributed by atoms with van der Waals surface area (Å²) in [5.41, 5.74) is -1.10. The van der Waals surface area contributed by atoms with Gasteiger partial charge in [-0.3, -0.25) is 29.0 Å². The molecule has 1 N–H and O–H groups in total. The summed E-state index contributed by atoms with van der Waals surface area (Å²) in [5, 5.41) is 11.6. The summed E-state index contributed by atoms with van der Waals surface area (Å²) in [5.74, 6) is -2.14. The number of nitrogens with zero attached hydrogens (tertiary/aromatic N) is 2. The maximum atomic E-state index is 15.2. The average Bonchev–Trinajstić information content (AvgIpc) is 3.38. The quantitative estimate of drug-likeness (QED) is 0.247. The first-order chi connectivity index (χ1) is 21.0. The lowest BCUT2D eigenvalue weighted by Gasteiger charge is -2.38. The summed E-state index contributed by atoms with van der Waals surface area (Å²) < 4.78 is 6.10. The number of ketones is 1. The van der Waals surface area contributed by atoms with Crippen LogP contribution >= 0.6 is 15.9 Å². The number of amides is 2. The number of allylic oxidation sites excluding steroid dienone is 1. The van der Waals surface area contributed by atoms with Crippen molar-refractivity contribution in [1.29, 1.82) is 0 Å². The highest BCUT2D eigenvalue weighted by Gasteiger charge is 2.69. The van der Waals surface area contributed by atoms with Crippen LogP contribution in [0.25, 0.3) is 6.08 Å². The molecule has 0 fully saturated rings. The largest absolute Gasteiger partial charge is 0.503 e. The van der Waals surface area contributed by atoms with Crippen LogP contribution in [0.4, 0.5) is 11.4 Å². The Morgan fingerprint density at radius 3 is 2.16 bits per heavy atom. The average molecular weight is 654 g/mol. The molecule has 0 radical (unpaired) electrons. The van der Waals surface area contributed by atoms with Gasteiger partial charge in [-0.25, -0.2) is 0 Å². The number of anilines is 2. The zero-order valence-electron chi connectivity index (χ0n) is 24.3. The number of carbonyl (C=O) groups excluding carboxylic acids is 4. The van der Waals surface area contributed by atoms with Gasteiger partial charge in [0.15, 0.2) is 23.4 Å². The van der Waals surface area contributed by atoms with Crippen LogP contribution in [0.3, 0.4) is 0 Å². The maximum Gasteiger partial charge on any atom is 0.295 e. The molecule has 2 amide bonds. The van der Waals surface area contributed by atoms with Crippen molar-refractivity contribution >= 4 is 57.3 Å². The van der Waals surface area contributed by atoms with E-state index in [0.29, 0.717) is 35.4 Å². The second-order valence-electron chi connectivity index (χ2n) is 11.8. The van der Waals surface area contributed by atoms with Gasteiger partial charge in [0, 0.05) is 33.5 Å². The molecule has 2 aliphatic heterocycles. The second kappa shape index (κ2) is 10.7. The first kappa shape index (κ1) is 29.3. The number of aliphatic hydroxyl groups is 1. The van der Waals surface area contributed by atoms with Gasteiger partial charge >= 0.3 is 0 Å². The number of aldehydes is 1. The molecular weight excluding hydrogens is 624 g/mol. The van der Waals surface area contributed by atoms with E-state index in [0.717, 1.165) is 9.37 Å². The van der Waals surface area contributed by atoms with E-state index in [2.05, 4.69) is 15.9 Å². The van der Waals surface area contributed by atoms with Gasteiger partial charge in [-0.05, 0) is 72.0 Å². The number of ether oxygens (including phenoxy) is 1. The van der Waals surface area contributed by atoms with E-state index < -0.39 is 28.5 Å². The van der Waals surface area contributed by atoms with E-state index in [-0.39, 0.29) is 34.6 Å². The Kier molecular flexibility index (Phi) is 7.16. The minimum atomic E-state index is -2.15. The molecule has 9 heteroatoms. The third-order valence-corrected chi connectivity index (χ3v) is 8.82. The van der Waals surface area contributed by atoms with Crippen molar-refractivity contribution in [3.63, 3.8) is 0 Å². The molecule has 44 heavy (non-hydrogen) atoms. The van der Waals surface area contributed by atoms with Crippen molar-refractivity contribution in [1.82, 2.24) is 0 Å². The fraction of sp³-hybridized carbons (Fsp3) is 0.200. The number of Topliss-reactive ketones (excluding diaryl/α,β-unsaturated/α-hetero) is 1. The summed E-state index contributed by atoms with van der Waals surface area (Å²) in [6.45, 7) is 3.90. The van der Waals surface area contributed by atoms with Gasteiger partial charge in [0.25, 0.3) is 11.8 Å². The number of aliphatic hydroxyl groups excluding tert-OH is 1. The number of methoxy groups -OCH3 is 1. The number of hydrogen-bond acceptors (Lipinski definition) is 6. The molecule has 0 aromatic heterocycles. The van der Waals surface area contributed by atoms with Crippen LogP contribution in [0.15, 0.2) is 112 Å². The molecule has 1 aliphatic carbocycles. The van der Waals surface area contributed by atoms with Crippen molar-refractivity contribution in [2.45, 2.75) is 32.2 Å². The van der Waals surface area contributed by atoms with Crippen molar-refractivity contribution in [3.05, 3.63) is 117 Å². The van der Waals surface area contributed by atoms with Crippen LogP contribution in [0.5, 0.6) is 5.75 Å². The molecule has 1 atom stereocenters. The smallest absolute Gasteiger partial charge is 0.295 e. The van der Waals surface area contributed by atoms with Gasteiger partial charge in [0.1, 0.15) is 5.75 Å². The highest BCUT2D eigenvalue weighted by Crippen LogP contribution is 2.57. The van der Waals surface area contributed by atoms with Gasteiger partial charge in [-0.15, -0.1) is 0 Å². The first-order valence-electron chi connectivity index (χ1n) is 14.0. The Morgan fingerprint density at radius 2 is 1.55 bits per heavy atom. The van der Waals surface area contributed by atoms with E-state index in [4.69, 9.17) is 4.74 Å². The van der Waals surface area contributed by atoms with Gasteiger partial charge < -0.3 is 9.84 Å². The molecule has 8 nitrogen and oxygen atoms in total. The van der Waals surface area contributed by atoms with Gasteiger partial charge in [0.2, 0.25) is 0 Å². The Balaban J connectivity index is 1.71. The molecule has 3 aromatic carbocycles. The summed E-state index contributed by atoms with van der Waals surface area (Å²) >= 11 is 3.44. The van der Waals surface area contributed by atoms with Crippen molar-refractivity contribution in [3.8, 4) is 5.75 Å². The molecule has 0 saturated heterocycles. The van der Waals surface area contributed by atoms with Crippen LogP contribution in [0.2, 0.25) is 0 Å². The SMILES string of the molecule is COc1ccc(N2C(=O)C(O)=C(C(C=O)=Cc3ccccc3)C23C(=O)N(c2ccc(Br)cc2)C2=C3C(=O)CC(C)(C)C2)cc1. The Labute approximate surface area is 263 Å². The van der Waals surface area contributed by atoms with Crippen LogP contribution in [-0.4, -0.2) is 41.6 Å². The van der Waals surface area contributed by atoms with Gasteiger partial charge in [-0.1, -0.05) is 60.1 Å². The van der Waals surface area contributed by atoms with Crippen molar-refractivity contribution in [2.24, 2.45) is 5.41 Å². The zero-order valence-corrected chi connectivity index (χ0v) is 25.9. The summed E-state index contributed by atoms with van der Waals surface area (Å²) in [6.07, 6.45) is 2.47. The van der Waals surface area contributed by atoms with Crippen LogP contribution < -0.4 is 14.5 Å². The number of benzene rings is 3. The lowest BCUT2D eigenvalue weighted by molar-refractivity contribution is -0.125. The molecule has 3 aliphatic rings. The monoisotopic (exact) mass is 652 g/mol. The normalized spacial score (nSPS) is 21.5. The fourth-order valence-electron chi connectivity index (χ4n) is 6.51. The van der Waals surface area contributed by atoms with Crippen molar-refractivity contribution in [2.75, 3.05) is 16.9 Å². The summed E-state index contributed by atoms with van der Waals surface area (Å²) in [7, 11) is 1.50. The van der Waals surface area contributed by atoms with Crippen LogP contribution in [-0.2, 0) is 19.2 Å². The lowest BCUT2D eigenvalue weighted by atomic mass is 9.69. The number of fused-ring (bicyclic) bond motifs is 1. The van der Waals surface area contributed by atoms with E-state index in [1.54, 1.807) is 72.8 Å². The molecule has 2 heterocycles. The number of rotatable bonds is 6. The molecule has 1 unspecified atom stereocenters. The Bertz CT molecular complexity index is 1810. The minimum Gasteiger partial charge on any atom is -0.503 e. The third-order valence-electron chi connectivity index (χ3n) is 8.29. The Hall–Kier alpha value is -4.76. The third kappa shape index (κ3) is 4.42. The predicted molar refractivity (Wildman–Crippen MR) is 170 cm³/mol. The van der Waals surface area contributed by atoms with Gasteiger partial charge in [0.05, 0.1) is 18.3 Å². The zero-order chi connectivity index (χ0) is 31.4. The molecule has 222 valence electrons. The van der Waals surface area contributed by atoms with Crippen LogP contribution in [0.1, 0.15) is 32.3 Å². The molecule has 6 rings (SSSR count). The predicted octanol–water partition coefficient (Wildman–Crippen LogP) is 6.33. The topological polar surface area (TPSA) is 104 Å². The van der Waals surface area contributed by atoms with E-state index in [1.165, 1.54) is 18.1 Å². The number of carbonyl (C=O) groups is 4. The lowest BCUT2D eigenvalue weighted by Crippen LogP contribution is -2.58. The van der Waals surface area contributed by atoms with E-state index in [1.807, 2.05) is 19.9 Å².